The molecule has 1 aliphatic heterocycles. The van der Waals surface area contributed by atoms with E-state index in [4.69, 9.17) is 5.73 Å². The van der Waals surface area contributed by atoms with Crippen LogP contribution >= 0.6 is 0 Å². The van der Waals surface area contributed by atoms with Crippen LogP contribution in [0, 0.1) is 0 Å². The molecule has 1 saturated heterocycles. The third kappa shape index (κ3) is 5.61. The minimum Gasteiger partial charge on any atom is -0.392 e. The maximum atomic E-state index is 14.1. The summed E-state index contributed by atoms with van der Waals surface area (Å²) >= 11 is 0. The number of benzene rings is 2. The lowest BCUT2D eigenvalue weighted by molar-refractivity contribution is 0.260. The van der Waals surface area contributed by atoms with Crippen LogP contribution in [0.1, 0.15) is 87.1 Å². The van der Waals surface area contributed by atoms with Gasteiger partial charge >= 0.3 is 0 Å². The first-order valence-corrected chi connectivity index (χ1v) is 15.1. The van der Waals surface area contributed by atoms with Crippen LogP contribution in [0.3, 0.4) is 0 Å². The fraction of sp³-hybridized carbons (Fsp3) is 0.517. The zero-order chi connectivity index (χ0) is 28.6. The summed E-state index contributed by atoms with van der Waals surface area (Å²) in [6, 6.07) is 7.55. The Labute approximate surface area is 231 Å². The minimum absolute atomic E-state index is 0.0661. The van der Waals surface area contributed by atoms with E-state index >= 15 is 0 Å². The number of hydrogen-bond acceptors (Lipinski definition) is 8. The Morgan fingerprint density at radius 1 is 0.821 bits per heavy atom. The van der Waals surface area contributed by atoms with Crippen LogP contribution < -0.4 is 10.6 Å². The number of nitrogens with zero attached hydrogens (tertiary/aromatic N) is 4. The van der Waals surface area contributed by atoms with Gasteiger partial charge in [0.25, 0.3) is 0 Å². The molecule has 0 aliphatic carbocycles. The Morgan fingerprint density at radius 2 is 1.36 bits per heavy atom. The fourth-order valence-corrected chi connectivity index (χ4v) is 7.24. The lowest BCUT2D eigenvalue weighted by Crippen LogP contribution is -2.49. The van der Waals surface area contributed by atoms with Crippen molar-refractivity contribution >= 4 is 32.7 Å². The Balaban J connectivity index is 1.65. The van der Waals surface area contributed by atoms with Gasteiger partial charge in [0.1, 0.15) is 5.82 Å². The number of sulfonamides is 1. The largest absolute Gasteiger partial charge is 0.392 e. The van der Waals surface area contributed by atoms with E-state index in [2.05, 4.69) is 35.9 Å². The number of aliphatic hydroxyl groups excluding tert-OH is 2. The number of aliphatic hydroxyl groups is 2. The summed E-state index contributed by atoms with van der Waals surface area (Å²) in [6.07, 6.45) is 0. The van der Waals surface area contributed by atoms with E-state index in [9.17, 15) is 18.6 Å². The van der Waals surface area contributed by atoms with Crippen LogP contribution in [-0.4, -0.2) is 59.1 Å². The van der Waals surface area contributed by atoms with Crippen molar-refractivity contribution in [3.63, 3.8) is 0 Å². The van der Waals surface area contributed by atoms with Gasteiger partial charge in [-0.05, 0) is 57.7 Å². The summed E-state index contributed by atoms with van der Waals surface area (Å²) in [5.74, 6) is 1.13. The quantitative estimate of drug-likeness (QED) is 0.379. The van der Waals surface area contributed by atoms with E-state index in [-0.39, 0.29) is 30.9 Å². The molecule has 4 rings (SSSR count). The number of anilines is 2. The number of nitrogen functional groups attached to an aromatic ring is 1. The van der Waals surface area contributed by atoms with Gasteiger partial charge in [0.05, 0.1) is 23.6 Å². The Hall–Kier alpha value is -2.79. The van der Waals surface area contributed by atoms with Crippen LogP contribution in [0.15, 0.2) is 29.2 Å². The average Bonchev–Trinajstić information content (AvgIpc) is 2.91. The molecule has 1 aliphatic rings. The number of hydrogen-bond donors (Lipinski definition) is 3. The van der Waals surface area contributed by atoms with E-state index in [1.54, 1.807) is 16.4 Å². The second-order valence-corrected chi connectivity index (χ2v) is 13.1. The molecule has 10 heteroatoms. The molecule has 1 fully saturated rings. The first-order chi connectivity index (χ1) is 18.4. The molecule has 2 heterocycles. The molecule has 4 N–H and O–H groups in total. The Bertz CT molecular complexity index is 1430. The van der Waals surface area contributed by atoms with Crippen LogP contribution in [0.4, 0.5) is 11.8 Å². The second kappa shape index (κ2) is 11.4. The van der Waals surface area contributed by atoms with Crippen LogP contribution in [-0.2, 0) is 23.2 Å². The molecule has 0 bridgehead atoms. The molecule has 2 aromatic carbocycles. The second-order valence-electron chi connectivity index (χ2n) is 11.2. The van der Waals surface area contributed by atoms with Crippen molar-refractivity contribution in [3.05, 3.63) is 52.1 Å². The first-order valence-electron chi connectivity index (χ1n) is 13.6. The highest BCUT2D eigenvalue weighted by Gasteiger charge is 2.34. The van der Waals surface area contributed by atoms with Crippen LogP contribution in [0.25, 0.3) is 10.9 Å². The third-order valence-corrected chi connectivity index (χ3v) is 9.61. The van der Waals surface area contributed by atoms with Gasteiger partial charge in [-0.15, -0.1) is 0 Å². The van der Waals surface area contributed by atoms with Crippen molar-refractivity contribution < 1.29 is 18.6 Å². The monoisotopic (exact) mass is 555 g/mol. The molecule has 0 saturated carbocycles. The van der Waals surface area contributed by atoms with E-state index in [0.29, 0.717) is 65.0 Å². The number of nitrogens with two attached hydrogens (primary N) is 1. The van der Waals surface area contributed by atoms with Crippen molar-refractivity contribution in [1.29, 1.82) is 0 Å². The van der Waals surface area contributed by atoms with Gasteiger partial charge in [-0.3, -0.25) is 0 Å². The maximum absolute atomic E-state index is 14.1. The van der Waals surface area contributed by atoms with Crippen molar-refractivity contribution in [2.45, 2.75) is 77.4 Å². The molecule has 3 aromatic rings. The first kappa shape index (κ1) is 29.2. The van der Waals surface area contributed by atoms with Crippen molar-refractivity contribution in [2.75, 3.05) is 36.8 Å². The lowest BCUT2D eigenvalue weighted by atomic mass is 9.89. The minimum atomic E-state index is -3.73. The fourth-order valence-electron chi connectivity index (χ4n) is 5.16. The molecule has 0 unspecified atom stereocenters. The summed E-state index contributed by atoms with van der Waals surface area (Å²) in [6.45, 7) is 13.5. The third-order valence-electron chi connectivity index (χ3n) is 7.57. The lowest BCUT2D eigenvalue weighted by Gasteiger charge is -2.35. The van der Waals surface area contributed by atoms with Crippen molar-refractivity contribution in [1.82, 2.24) is 14.3 Å². The number of piperazine rings is 1. The predicted molar refractivity (Wildman–Crippen MR) is 155 cm³/mol. The van der Waals surface area contributed by atoms with Crippen molar-refractivity contribution in [3.8, 4) is 0 Å². The number of rotatable bonds is 8. The summed E-state index contributed by atoms with van der Waals surface area (Å²) < 4.78 is 29.8. The Kier molecular flexibility index (Phi) is 8.51. The number of aromatic nitrogens is 2. The SMILES string of the molecule is CC(C)c1cc(C(C)C)c(S(=O)(=O)N2CCN(c3nc(N)c4cc(CO)c(CO)cc4n3)CC2)c(C(C)C)c1. The highest BCUT2D eigenvalue weighted by molar-refractivity contribution is 7.89. The van der Waals surface area contributed by atoms with E-state index in [1.165, 1.54) is 0 Å². The van der Waals surface area contributed by atoms with E-state index < -0.39 is 10.0 Å². The molecular weight excluding hydrogens is 514 g/mol. The summed E-state index contributed by atoms with van der Waals surface area (Å²) in [5.41, 5.74) is 10.9. The van der Waals surface area contributed by atoms with Crippen molar-refractivity contribution in [2.24, 2.45) is 0 Å². The molecule has 9 nitrogen and oxygen atoms in total. The summed E-state index contributed by atoms with van der Waals surface area (Å²) in [7, 11) is -3.73. The topological polar surface area (TPSA) is 133 Å². The highest BCUT2D eigenvalue weighted by Crippen LogP contribution is 2.37. The maximum Gasteiger partial charge on any atom is 0.243 e. The highest BCUT2D eigenvalue weighted by atomic mass is 32.2. The molecule has 39 heavy (non-hydrogen) atoms. The standard InChI is InChI=1S/C29H41N5O4S/c1-17(2)20-11-23(18(3)4)27(24(12-20)19(5)6)39(37,38)34-9-7-33(8-10-34)29-31-26-14-22(16-36)21(15-35)13-25(26)28(30)32-29/h11-14,17-19,35-36H,7-10,15-16H2,1-6H3,(H2,30,31,32). The van der Waals surface area contributed by atoms with Gasteiger partial charge in [0, 0.05) is 31.6 Å². The van der Waals surface area contributed by atoms with Gasteiger partial charge in [-0.25, -0.2) is 13.4 Å². The van der Waals surface area contributed by atoms with E-state index in [0.717, 1.165) is 16.7 Å². The molecule has 0 atom stereocenters. The summed E-state index contributed by atoms with van der Waals surface area (Å²) in [4.78, 5) is 11.5. The molecule has 212 valence electrons. The van der Waals surface area contributed by atoms with Gasteiger partial charge in [-0.2, -0.15) is 9.29 Å². The molecule has 1 aromatic heterocycles. The van der Waals surface area contributed by atoms with Crippen LogP contribution in [0.2, 0.25) is 0 Å². The predicted octanol–water partition coefficient (Wildman–Crippen LogP) is 4.08. The molecular formula is C29H41N5O4S. The molecule has 0 amide bonds. The molecule has 0 spiro atoms. The number of fused-ring (bicyclic) bond motifs is 1. The summed E-state index contributed by atoms with van der Waals surface area (Å²) in [5, 5.41) is 19.9. The zero-order valence-electron chi connectivity index (χ0n) is 23.8. The van der Waals surface area contributed by atoms with Gasteiger partial charge < -0.3 is 20.8 Å². The van der Waals surface area contributed by atoms with Gasteiger partial charge in [-0.1, -0.05) is 53.7 Å². The molecule has 0 radical (unpaired) electrons. The average molecular weight is 556 g/mol. The van der Waals surface area contributed by atoms with Crippen LogP contribution in [0.5, 0.6) is 0 Å². The zero-order valence-corrected chi connectivity index (χ0v) is 24.6. The normalized spacial score (nSPS) is 15.3. The van der Waals surface area contributed by atoms with E-state index in [1.807, 2.05) is 32.6 Å². The smallest absolute Gasteiger partial charge is 0.243 e. The Morgan fingerprint density at radius 3 is 1.85 bits per heavy atom. The van der Waals surface area contributed by atoms with Gasteiger partial charge in [0.15, 0.2) is 0 Å². The van der Waals surface area contributed by atoms with Gasteiger partial charge in [0.2, 0.25) is 16.0 Å².